The normalized spacial score (nSPS) is 10.2. The molecule has 0 heterocycles. The summed E-state index contributed by atoms with van der Waals surface area (Å²) in [7, 11) is 0. The van der Waals surface area contributed by atoms with Gasteiger partial charge in [-0.3, -0.25) is 0 Å². The lowest BCUT2D eigenvalue weighted by Crippen LogP contribution is -1.82. The molecule has 0 atom stereocenters. The minimum atomic E-state index is 1.01. The highest BCUT2D eigenvalue weighted by atomic mass is 14.0. The van der Waals surface area contributed by atoms with Crippen LogP contribution in [0.1, 0.15) is 26.7 Å². The second-order valence-electron chi connectivity index (χ2n) is 3.06. The molecule has 0 aliphatic heterocycles. The zero-order valence-electron chi connectivity index (χ0n) is 8.19. The van der Waals surface area contributed by atoms with Gasteiger partial charge in [-0.15, -0.1) is 0 Å². The third kappa shape index (κ3) is 4.73. The van der Waals surface area contributed by atoms with Crippen molar-refractivity contribution in [3.8, 4) is 0 Å². The van der Waals surface area contributed by atoms with Crippen LogP contribution in [0, 0.1) is 0 Å². The monoisotopic (exact) mass is 162 g/mol. The maximum absolute atomic E-state index is 3.94. The third-order valence-corrected chi connectivity index (χ3v) is 1.57. The van der Waals surface area contributed by atoms with Crippen LogP contribution >= 0.6 is 0 Å². The Kier molecular flexibility index (Phi) is 5.11. The van der Waals surface area contributed by atoms with E-state index < -0.39 is 0 Å². The maximum Gasteiger partial charge on any atom is -0.0282 e. The van der Waals surface area contributed by atoms with Crippen molar-refractivity contribution in [2.24, 2.45) is 0 Å². The molecule has 0 rings (SSSR count). The van der Waals surface area contributed by atoms with E-state index in [2.05, 4.69) is 26.7 Å². The van der Waals surface area contributed by atoms with Crippen LogP contribution in [0.4, 0.5) is 0 Å². The Morgan fingerprint density at radius 2 is 1.75 bits per heavy atom. The Hall–Kier alpha value is -1.04. The molecule has 0 radical (unpaired) electrons. The van der Waals surface area contributed by atoms with Crippen LogP contribution in [-0.4, -0.2) is 0 Å². The summed E-state index contributed by atoms with van der Waals surface area (Å²) < 4.78 is 0. The predicted octanol–water partition coefficient (Wildman–Crippen LogP) is 4.03. The number of allylic oxidation sites excluding steroid dienone is 5. The Morgan fingerprint density at radius 1 is 1.17 bits per heavy atom. The largest absolute Gasteiger partial charge is 0.0961 e. The Bertz CT molecular complexity index is 216. The Morgan fingerprint density at radius 3 is 2.17 bits per heavy atom. The lowest BCUT2D eigenvalue weighted by molar-refractivity contribution is 0.922. The zero-order chi connectivity index (χ0) is 9.56. The number of rotatable bonds is 5. The summed E-state index contributed by atoms with van der Waals surface area (Å²) in [5.74, 6) is 0. The average molecular weight is 162 g/mol. The van der Waals surface area contributed by atoms with Crippen molar-refractivity contribution < 1.29 is 0 Å². The van der Waals surface area contributed by atoms with Gasteiger partial charge in [0.1, 0.15) is 0 Å². The molecule has 0 heteroatoms. The summed E-state index contributed by atoms with van der Waals surface area (Å²) in [6.45, 7) is 15.7. The summed E-state index contributed by atoms with van der Waals surface area (Å²) in [6.07, 6.45) is 6.08. The van der Waals surface area contributed by atoms with Crippen LogP contribution in [0.5, 0.6) is 0 Å². The minimum Gasteiger partial charge on any atom is -0.0961 e. The molecule has 0 amide bonds. The Balaban J connectivity index is 4.04. The van der Waals surface area contributed by atoms with Gasteiger partial charge in [-0.25, -0.2) is 0 Å². The fourth-order valence-corrected chi connectivity index (χ4v) is 0.823. The minimum absolute atomic E-state index is 1.01. The molecule has 0 unspecified atom stereocenters. The molecule has 0 N–H and O–H groups in total. The molecular weight excluding hydrogens is 144 g/mol. The smallest absolute Gasteiger partial charge is 0.0282 e. The number of hydrogen-bond donors (Lipinski definition) is 0. The van der Waals surface area contributed by atoms with E-state index in [1.165, 1.54) is 0 Å². The Labute approximate surface area is 76.0 Å². The highest BCUT2D eigenvalue weighted by Crippen LogP contribution is 2.13. The van der Waals surface area contributed by atoms with E-state index in [1.807, 2.05) is 19.1 Å². The van der Waals surface area contributed by atoms with Gasteiger partial charge in [0.25, 0.3) is 0 Å². The van der Waals surface area contributed by atoms with Crippen LogP contribution in [-0.2, 0) is 0 Å². The standard InChI is InChI=1S/C12H18/c1-6-7-11(4)12(5)9-8-10(2)3/h8-9H,2,4-7H2,1,3H3/b9-8-. The van der Waals surface area contributed by atoms with Crippen LogP contribution in [0.2, 0.25) is 0 Å². The molecule has 0 aromatic heterocycles. The van der Waals surface area contributed by atoms with Crippen molar-refractivity contribution in [1.82, 2.24) is 0 Å². The van der Waals surface area contributed by atoms with E-state index in [-0.39, 0.29) is 0 Å². The average Bonchev–Trinajstić information content (AvgIpc) is 2.00. The van der Waals surface area contributed by atoms with Gasteiger partial charge in [-0.05, 0) is 24.5 Å². The molecule has 0 bridgehead atoms. The molecule has 0 aliphatic carbocycles. The highest BCUT2D eigenvalue weighted by Gasteiger charge is 1.93. The van der Waals surface area contributed by atoms with Crippen LogP contribution in [0.3, 0.4) is 0 Å². The lowest BCUT2D eigenvalue weighted by Gasteiger charge is -2.02. The van der Waals surface area contributed by atoms with Crippen molar-refractivity contribution in [2.75, 3.05) is 0 Å². The molecule has 0 saturated heterocycles. The van der Waals surface area contributed by atoms with Crippen LogP contribution < -0.4 is 0 Å². The zero-order valence-corrected chi connectivity index (χ0v) is 8.19. The molecule has 66 valence electrons. The first-order chi connectivity index (χ1) is 5.57. The number of hydrogen-bond acceptors (Lipinski definition) is 0. The predicted molar refractivity (Wildman–Crippen MR) is 57.1 cm³/mol. The molecule has 0 fully saturated rings. The van der Waals surface area contributed by atoms with E-state index in [4.69, 9.17) is 0 Å². The van der Waals surface area contributed by atoms with E-state index in [9.17, 15) is 0 Å². The molecule has 12 heavy (non-hydrogen) atoms. The van der Waals surface area contributed by atoms with Gasteiger partial charge in [0, 0.05) is 0 Å². The van der Waals surface area contributed by atoms with Crippen molar-refractivity contribution in [1.29, 1.82) is 0 Å². The summed E-state index contributed by atoms with van der Waals surface area (Å²) >= 11 is 0. The quantitative estimate of drug-likeness (QED) is 0.535. The molecule has 0 nitrogen and oxygen atoms in total. The van der Waals surface area contributed by atoms with E-state index in [0.29, 0.717) is 0 Å². The van der Waals surface area contributed by atoms with Gasteiger partial charge in [0.15, 0.2) is 0 Å². The topological polar surface area (TPSA) is 0 Å². The lowest BCUT2D eigenvalue weighted by atomic mass is 10.0. The fourth-order valence-electron chi connectivity index (χ4n) is 0.823. The second kappa shape index (κ2) is 5.59. The van der Waals surface area contributed by atoms with Crippen molar-refractivity contribution >= 4 is 0 Å². The van der Waals surface area contributed by atoms with Gasteiger partial charge in [0.05, 0.1) is 0 Å². The molecule has 0 aromatic rings. The first kappa shape index (κ1) is 11.0. The third-order valence-electron chi connectivity index (χ3n) is 1.57. The molecular formula is C12H18. The van der Waals surface area contributed by atoms with Gasteiger partial charge < -0.3 is 0 Å². The van der Waals surface area contributed by atoms with Crippen LogP contribution in [0.25, 0.3) is 0 Å². The first-order valence-electron chi connectivity index (χ1n) is 4.28. The van der Waals surface area contributed by atoms with E-state index in [0.717, 1.165) is 29.6 Å². The SMILES string of the molecule is C=C(C)/C=C\C(=C)C(=C)CCC. The van der Waals surface area contributed by atoms with Crippen molar-refractivity contribution in [3.05, 3.63) is 48.6 Å². The van der Waals surface area contributed by atoms with E-state index in [1.54, 1.807) is 0 Å². The second-order valence-corrected chi connectivity index (χ2v) is 3.06. The maximum atomic E-state index is 3.94. The summed E-state index contributed by atoms with van der Waals surface area (Å²) in [4.78, 5) is 0. The van der Waals surface area contributed by atoms with Crippen LogP contribution in [0.15, 0.2) is 48.6 Å². The molecule has 0 spiro atoms. The summed E-state index contributed by atoms with van der Waals surface area (Å²) in [6, 6.07) is 0. The van der Waals surface area contributed by atoms with Crippen molar-refractivity contribution in [2.45, 2.75) is 26.7 Å². The van der Waals surface area contributed by atoms with Crippen molar-refractivity contribution in [3.63, 3.8) is 0 Å². The van der Waals surface area contributed by atoms with Gasteiger partial charge in [-0.1, -0.05) is 50.8 Å². The fraction of sp³-hybridized carbons (Fsp3) is 0.333. The molecule has 0 aliphatic rings. The first-order valence-corrected chi connectivity index (χ1v) is 4.28. The summed E-state index contributed by atoms with van der Waals surface area (Å²) in [5, 5.41) is 0. The van der Waals surface area contributed by atoms with E-state index >= 15 is 0 Å². The molecule has 0 saturated carbocycles. The van der Waals surface area contributed by atoms with Gasteiger partial charge in [0.2, 0.25) is 0 Å². The summed E-state index contributed by atoms with van der Waals surface area (Å²) in [5.41, 5.74) is 3.18. The van der Waals surface area contributed by atoms with Gasteiger partial charge >= 0.3 is 0 Å². The highest BCUT2D eigenvalue weighted by molar-refractivity contribution is 5.37. The molecule has 0 aromatic carbocycles. The van der Waals surface area contributed by atoms with Gasteiger partial charge in [-0.2, -0.15) is 0 Å².